The number of hydrogen-bond donors (Lipinski definition) is 0. The molecule has 0 aliphatic rings. The lowest BCUT2D eigenvalue weighted by Crippen LogP contribution is -1.82. The molecule has 0 amide bonds. The van der Waals surface area contributed by atoms with Crippen molar-refractivity contribution in [1.29, 1.82) is 5.26 Å². The molecular weight excluding hydrogens is 308 g/mol. The maximum atomic E-state index is 9.35. The molecule has 3 aromatic rings. The highest BCUT2D eigenvalue weighted by atomic mass is 32.1. The van der Waals surface area contributed by atoms with Gasteiger partial charge in [0.1, 0.15) is 11.1 Å². The third-order valence-corrected chi connectivity index (χ3v) is 5.19. The van der Waals surface area contributed by atoms with E-state index in [2.05, 4.69) is 47.5 Å². The van der Waals surface area contributed by atoms with Crippen molar-refractivity contribution in [2.45, 2.75) is 13.3 Å². The number of aryl methyl sites for hydroxylation is 1. The Labute approximate surface area is 138 Å². The van der Waals surface area contributed by atoms with Gasteiger partial charge in [0.05, 0.1) is 5.57 Å². The van der Waals surface area contributed by atoms with Gasteiger partial charge in [-0.25, -0.2) is 4.98 Å². The van der Waals surface area contributed by atoms with Crippen LogP contribution in [0.5, 0.6) is 0 Å². The van der Waals surface area contributed by atoms with Crippen LogP contribution < -0.4 is 0 Å². The zero-order valence-electron chi connectivity index (χ0n) is 12.1. The van der Waals surface area contributed by atoms with E-state index in [0.717, 1.165) is 22.0 Å². The van der Waals surface area contributed by atoms with E-state index in [-0.39, 0.29) is 0 Å². The van der Waals surface area contributed by atoms with Crippen LogP contribution >= 0.6 is 22.7 Å². The fourth-order valence-electron chi connectivity index (χ4n) is 2.13. The molecule has 0 N–H and O–H groups in total. The van der Waals surface area contributed by atoms with Gasteiger partial charge in [-0.15, -0.1) is 22.7 Å². The van der Waals surface area contributed by atoms with Crippen LogP contribution in [0, 0.1) is 18.3 Å². The number of benzene rings is 1. The summed E-state index contributed by atoms with van der Waals surface area (Å²) >= 11 is 3.24. The van der Waals surface area contributed by atoms with Crippen molar-refractivity contribution in [3.8, 4) is 6.07 Å². The minimum atomic E-state index is 0.631. The Morgan fingerprint density at radius 2 is 2.05 bits per heavy atom. The molecule has 0 atom stereocenters. The first-order valence-electron chi connectivity index (χ1n) is 6.91. The summed E-state index contributed by atoms with van der Waals surface area (Å²) in [6, 6.07) is 16.9. The van der Waals surface area contributed by atoms with Crippen molar-refractivity contribution in [2.24, 2.45) is 0 Å². The van der Waals surface area contributed by atoms with Gasteiger partial charge >= 0.3 is 0 Å². The first-order valence-corrected chi connectivity index (χ1v) is 8.61. The SMILES string of the molecule is Cc1csc(C(C#N)=Cc2ccc(Cc3ccccc3)s2)n1. The molecule has 4 heteroatoms. The first-order chi connectivity index (χ1) is 10.7. The predicted molar refractivity (Wildman–Crippen MR) is 93.9 cm³/mol. The zero-order chi connectivity index (χ0) is 15.4. The number of nitrogens with zero attached hydrogens (tertiary/aromatic N) is 2. The Hall–Kier alpha value is -2.22. The average Bonchev–Trinajstić information content (AvgIpc) is 3.15. The van der Waals surface area contributed by atoms with Gasteiger partial charge in [-0.2, -0.15) is 5.26 Å². The van der Waals surface area contributed by atoms with E-state index >= 15 is 0 Å². The number of thiazole rings is 1. The normalized spacial score (nSPS) is 11.4. The van der Waals surface area contributed by atoms with Crippen molar-refractivity contribution >= 4 is 34.3 Å². The van der Waals surface area contributed by atoms with Gasteiger partial charge in [0.2, 0.25) is 0 Å². The molecule has 0 aliphatic carbocycles. The van der Waals surface area contributed by atoms with E-state index in [1.54, 1.807) is 11.3 Å². The van der Waals surface area contributed by atoms with Crippen LogP contribution in [0.1, 0.15) is 26.0 Å². The Kier molecular flexibility index (Phi) is 4.47. The first kappa shape index (κ1) is 14.7. The maximum absolute atomic E-state index is 9.35. The van der Waals surface area contributed by atoms with Crippen molar-refractivity contribution < 1.29 is 0 Å². The summed E-state index contributed by atoms with van der Waals surface area (Å²) < 4.78 is 0. The molecule has 0 saturated carbocycles. The number of nitriles is 1. The summed E-state index contributed by atoms with van der Waals surface area (Å²) in [5, 5.41) is 12.1. The largest absolute Gasteiger partial charge is 0.241 e. The van der Waals surface area contributed by atoms with Crippen molar-refractivity contribution in [3.05, 3.63) is 73.9 Å². The topological polar surface area (TPSA) is 36.7 Å². The molecule has 0 fully saturated rings. The van der Waals surface area contributed by atoms with E-state index in [1.807, 2.05) is 24.4 Å². The smallest absolute Gasteiger partial charge is 0.134 e. The third-order valence-electron chi connectivity index (χ3n) is 3.16. The van der Waals surface area contributed by atoms with Crippen LogP contribution in [-0.4, -0.2) is 4.98 Å². The van der Waals surface area contributed by atoms with Gasteiger partial charge in [-0.3, -0.25) is 0 Å². The summed E-state index contributed by atoms with van der Waals surface area (Å²) in [5.74, 6) is 0. The summed E-state index contributed by atoms with van der Waals surface area (Å²) in [6.45, 7) is 1.94. The second kappa shape index (κ2) is 6.69. The predicted octanol–water partition coefficient (Wildman–Crippen LogP) is 5.17. The fraction of sp³-hybridized carbons (Fsp3) is 0.111. The molecular formula is C18H14N2S2. The van der Waals surface area contributed by atoms with E-state index < -0.39 is 0 Å². The Morgan fingerprint density at radius 1 is 1.23 bits per heavy atom. The second-order valence-electron chi connectivity index (χ2n) is 4.93. The summed E-state index contributed by atoms with van der Waals surface area (Å²) in [6.07, 6.45) is 2.86. The summed E-state index contributed by atoms with van der Waals surface area (Å²) in [7, 11) is 0. The summed E-state index contributed by atoms with van der Waals surface area (Å²) in [5.41, 5.74) is 2.89. The molecule has 108 valence electrons. The molecule has 0 saturated heterocycles. The van der Waals surface area contributed by atoms with Crippen molar-refractivity contribution in [2.75, 3.05) is 0 Å². The molecule has 0 unspecified atom stereocenters. The number of hydrogen-bond acceptors (Lipinski definition) is 4. The van der Waals surface area contributed by atoms with Gasteiger partial charge < -0.3 is 0 Å². The lowest BCUT2D eigenvalue weighted by Gasteiger charge is -1.97. The molecule has 0 aliphatic heterocycles. The Balaban J connectivity index is 1.81. The third kappa shape index (κ3) is 3.51. The monoisotopic (exact) mass is 322 g/mol. The highest BCUT2D eigenvalue weighted by Gasteiger charge is 2.07. The van der Waals surface area contributed by atoms with Crippen LogP contribution in [0.4, 0.5) is 0 Å². The minimum absolute atomic E-state index is 0.631. The average molecular weight is 322 g/mol. The second-order valence-corrected chi connectivity index (χ2v) is 6.99. The van der Waals surface area contributed by atoms with Gasteiger partial charge in [0.25, 0.3) is 0 Å². The highest BCUT2D eigenvalue weighted by molar-refractivity contribution is 7.13. The van der Waals surface area contributed by atoms with Crippen molar-refractivity contribution in [1.82, 2.24) is 4.98 Å². The van der Waals surface area contributed by atoms with Gasteiger partial charge in [-0.05, 0) is 30.7 Å². The van der Waals surface area contributed by atoms with Crippen molar-refractivity contribution in [3.63, 3.8) is 0 Å². The van der Waals surface area contributed by atoms with Gasteiger partial charge in [-0.1, -0.05) is 30.3 Å². The molecule has 2 heterocycles. The van der Waals surface area contributed by atoms with Gasteiger partial charge in [0, 0.05) is 27.2 Å². The Morgan fingerprint density at radius 3 is 2.73 bits per heavy atom. The highest BCUT2D eigenvalue weighted by Crippen LogP contribution is 2.26. The van der Waals surface area contributed by atoms with Crippen LogP contribution in [-0.2, 0) is 6.42 Å². The molecule has 3 rings (SSSR count). The van der Waals surface area contributed by atoms with E-state index in [4.69, 9.17) is 0 Å². The molecule has 1 aromatic carbocycles. The lowest BCUT2D eigenvalue weighted by molar-refractivity contribution is 1.24. The number of thiophene rings is 1. The number of allylic oxidation sites excluding steroid dienone is 1. The molecule has 0 radical (unpaired) electrons. The molecule has 0 spiro atoms. The van der Waals surface area contributed by atoms with Gasteiger partial charge in [0.15, 0.2) is 0 Å². The molecule has 2 aromatic heterocycles. The molecule has 2 nitrogen and oxygen atoms in total. The van der Waals surface area contributed by atoms with Crippen LogP contribution in [0.15, 0.2) is 47.8 Å². The number of rotatable bonds is 4. The standard InChI is InChI=1S/C18H14N2S2/c1-13-12-21-18(20-13)15(11-19)10-17-8-7-16(22-17)9-14-5-3-2-4-6-14/h2-8,10,12H,9H2,1H3. The van der Waals surface area contributed by atoms with Crippen LogP contribution in [0.2, 0.25) is 0 Å². The minimum Gasteiger partial charge on any atom is -0.241 e. The maximum Gasteiger partial charge on any atom is 0.134 e. The quantitative estimate of drug-likeness (QED) is 0.621. The van der Waals surface area contributed by atoms with Crippen LogP contribution in [0.25, 0.3) is 11.6 Å². The van der Waals surface area contributed by atoms with E-state index in [1.165, 1.54) is 21.8 Å². The number of aromatic nitrogens is 1. The van der Waals surface area contributed by atoms with Crippen LogP contribution in [0.3, 0.4) is 0 Å². The Bertz CT molecular complexity index is 835. The zero-order valence-corrected chi connectivity index (χ0v) is 13.7. The van der Waals surface area contributed by atoms with E-state index in [0.29, 0.717) is 5.57 Å². The molecule has 0 bridgehead atoms. The van der Waals surface area contributed by atoms with E-state index in [9.17, 15) is 5.26 Å². The lowest BCUT2D eigenvalue weighted by atomic mass is 10.1. The molecule has 22 heavy (non-hydrogen) atoms. The summed E-state index contributed by atoms with van der Waals surface area (Å²) in [4.78, 5) is 6.77. The fourth-order valence-corrected chi connectivity index (χ4v) is 3.88.